The van der Waals surface area contributed by atoms with Gasteiger partial charge in [0.1, 0.15) is 0 Å². The lowest BCUT2D eigenvalue weighted by molar-refractivity contribution is 0.190. The molecule has 0 radical (unpaired) electrons. The highest BCUT2D eigenvalue weighted by molar-refractivity contribution is 5.25. The van der Waals surface area contributed by atoms with Gasteiger partial charge in [-0.3, -0.25) is 4.90 Å². The van der Waals surface area contributed by atoms with Crippen molar-refractivity contribution < 1.29 is 0 Å². The highest BCUT2D eigenvalue weighted by Crippen LogP contribution is 2.27. The maximum Gasteiger partial charge on any atom is 0.0866 e. The molecule has 1 aliphatic heterocycles. The second kappa shape index (κ2) is 6.70. The Balaban J connectivity index is 2.10. The molecule has 2 unspecified atom stereocenters. The van der Waals surface area contributed by atoms with Gasteiger partial charge in [0.2, 0.25) is 0 Å². The van der Waals surface area contributed by atoms with E-state index in [9.17, 15) is 0 Å². The Labute approximate surface area is 116 Å². The average molecular weight is 257 g/mol. The van der Waals surface area contributed by atoms with Crippen LogP contribution in [0, 0.1) is 18.3 Å². The smallest absolute Gasteiger partial charge is 0.0866 e. The van der Waals surface area contributed by atoms with Crippen LogP contribution in [0.3, 0.4) is 0 Å². The molecular weight excluding hydrogens is 234 g/mol. The first-order chi connectivity index (χ1) is 9.22. The number of benzene rings is 1. The SMILES string of the molecule is CCNC1CC(c2ccc(C)cc2)CN(CC#N)C1. The standard InChI is InChI=1S/C16H23N3/c1-3-18-16-10-15(11-19(12-16)9-8-17)14-6-4-13(2)5-7-14/h4-7,15-16,18H,3,9-12H2,1-2H3. The molecule has 1 heterocycles. The molecule has 3 nitrogen and oxygen atoms in total. The number of hydrogen-bond donors (Lipinski definition) is 1. The van der Waals surface area contributed by atoms with E-state index < -0.39 is 0 Å². The molecule has 2 atom stereocenters. The van der Waals surface area contributed by atoms with E-state index in [4.69, 9.17) is 5.26 Å². The fourth-order valence-electron chi connectivity index (χ4n) is 2.94. The number of nitrogens with one attached hydrogen (secondary N) is 1. The Morgan fingerprint density at radius 1 is 1.32 bits per heavy atom. The van der Waals surface area contributed by atoms with Gasteiger partial charge in [0.05, 0.1) is 12.6 Å². The van der Waals surface area contributed by atoms with Crippen LogP contribution in [0.5, 0.6) is 0 Å². The Bertz CT molecular complexity index is 432. The first-order valence-electron chi connectivity index (χ1n) is 7.12. The summed E-state index contributed by atoms with van der Waals surface area (Å²) in [5, 5.41) is 12.4. The first kappa shape index (κ1) is 14.0. The Hall–Kier alpha value is -1.37. The van der Waals surface area contributed by atoms with Crippen molar-refractivity contribution >= 4 is 0 Å². The molecule has 102 valence electrons. The Morgan fingerprint density at radius 3 is 2.68 bits per heavy atom. The molecule has 1 aromatic carbocycles. The fourth-order valence-corrected chi connectivity index (χ4v) is 2.94. The lowest BCUT2D eigenvalue weighted by Gasteiger charge is -2.37. The van der Waals surface area contributed by atoms with E-state index in [1.54, 1.807) is 0 Å². The lowest BCUT2D eigenvalue weighted by Crippen LogP contribution is -2.48. The predicted octanol–water partition coefficient (Wildman–Crippen LogP) is 2.29. The van der Waals surface area contributed by atoms with Crippen LogP contribution in [0.1, 0.15) is 30.4 Å². The van der Waals surface area contributed by atoms with Gasteiger partial charge < -0.3 is 5.32 Å². The van der Waals surface area contributed by atoms with Crippen LogP contribution in [0.4, 0.5) is 0 Å². The minimum atomic E-state index is 0.499. The zero-order chi connectivity index (χ0) is 13.7. The number of rotatable bonds is 4. The van der Waals surface area contributed by atoms with Gasteiger partial charge in [-0.2, -0.15) is 5.26 Å². The molecule has 1 N–H and O–H groups in total. The van der Waals surface area contributed by atoms with Crippen LogP contribution in [0.15, 0.2) is 24.3 Å². The van der Waals surface area contributed by atoms with Crippen LogP contribution < -0.4 is 5.32 Å². The van der Waals surface area contributed by atoms with Crippen LogP contribution in [0.25, 0.3) is 0 Å². The monoisotopic (exact) mass is 257 g/mol. The summed E-state index contributed by atoms with van der Waals surface area (Å²) in [7, 11) is 0. The summed E-state index contributed by atoms with van der Waals surface area (Å²) < 4.78 is 0. The molecule has 0 aromatic heterocycles. The maximum absolute atomic E-state index is 8.92. The van der Waals surface area contributed by atoms with E-state index in [1.165, 1.54) is 17.5 Å². The van der Waals surface area contributed by atoms with Gasteiger partial charge >= 0.3 is 0 Å². The average Bonchev–Trinajstić information content (AvgIpc) is 2.40. The summed E-state index contributed by atoms with van der Waals surface area (Å²) >= 11 is 0. The third kappa shape index (κ3) is 3.79. The predicted molar refractivity (Wildman–Crippen MR) is 78.1 cm³/mol. The highest BCUT2D eigenvalue weighted by atomic mass is 15.2. The molecule has 0 spiro atoms. The van der Waals surface area contributed by atoms with Crippen LogP contribution >= 0.6 is 0 Å². The van der Waals surface area contributed by atoms with Crippen molar-refractivity contribution in [3.8, 4) is 6.07 Å². The zero-order valence-electron chi connectivity index (χ0n) is 11.9. The number of nitriles is 1. The highest BCUT2D eigenvalue weighted by Gasteiger charge is 2.27. The van der Waals surface area contributed by atoms with Crippen LogP contribution in [-0.4, -0.2) is 37.1 Å². The zero-order valence-corrected chi connectivity index (χ0v) is 11.9. The summed E-state index contributed by atoms with van der Waals surface area (Å²) in [5.74, 6) is 0.534. The van der Waals surface area contributed by atoms with Gasteiger partial charge in [-0.15, -0.1) is 0 Å². The molecule has 0 bridgehead atoms. The molecule has 1 fully saturated rings. The Morgan fingerprint density at radius 2 is 2.05 bits per heavy atom. The molecule has 1 saturated heterocycles. The molecule has 0 amide bonds. The lowest BCUT2D eigenvalue weighted by atomic mass is 9.87. The summed E-state index contributed by atoms with van der Waals surface area (Å²) in [6, 6.07) is 11.6. The van der Waals surface area contributed by atoms with Gasteiger partial charge in [-0.25, -0.2) is 0 Å². The van der Waals surface area contributed by atoms with Crippen molar-refractivity contribution in [1.29, 1.82) is 5.26 Å². The van der Waals surface area contributed by atoms with Crippen molar-refractivity contribution in [2.24, 2.45) is 0 Å². The van der Waals surface area contributed by atoms with Crippen molar-refractivity contribution in [1.82, 2.24) is 10.2 Å². The number of likely N-dealkylation sites (tertiary alicyclic amines) is 1. The molecule has 1 aliphatic rings. The van der Waals surface area contributed by atoms with Gasteiger partial charge in [0.15, 0.2) is 0 Å². The number of hydrogen-bond acceptors (Lipinski definition) is 3. The van der Waals surface area contributed by atoms with Crippen molar-refractivity contribution in [2.45, 2.75) is 32.2 Å². The third-order valence-electron chi connectivity index (χ3n) is 3.86. The van der Waals surface area contributed by atoms with Crippen LogP contribution in [0.2, 0.25) is 0 Å². The summed E-state index contributed by atoms with van der Waals surface area (Å²) in [6.45, 7) is 7.77. The van der Waals surface area contributed by atoms with E-state index >= 15 is 0 Å². The van der Waals surface area contributed by atoms with Crippen molar-refractivity contribution in [3.05, 3.63) is 35.4 Å². The Kier molecular flexibility index (Phi) is 4.95. The fraction of sp³-hybridized carbons (Fsp3) is 0.562. The van der Waals surface area contributed by atoms with Gasteiger partial charge in [-0.05, 0) is 31.4 Å². The van der Waals surface area contributed by atoms with Gasteiger partial charge in [0, 0.05) is 19.1 Å². The molecule has 0 saturated carbocycles. The van der Waals surface area contributed by atoms with Gasteiger partial charge in [0.25, 0.3) is 0 Å². The number of aryl methyl sites for hydroxylation is 1. The minimum Gasteiger partial charge on any atom is -0.313 e. The normalized spacial score (nSPS) is 24.1. The van der Waals surface area contributed by atoms with E-state index in [2.05, 4.69) is 54.4 Å². The number of nitrogens with zero attached hydrogens (tertiary/aromatic N) is 2. The number of piperidine rings is 1. The topological polar surface area (TPSA) is 39.1 Å². The second-order valence-corrected chi connectivity index (χ2v) is 5.45. The molecule has 1 aromatic rings. The minimum absolute atomic E-state index is 0.499. The largest absolute Gasteiger partial charge is 0.313 e. The molecule has 2 rings (SSSR count). The van der Waals surface area contributed by atoms with E-state index in [-0.39, 0.29) is 0 Å². The second-order valence-electron chi connectivity index (χ2n) is 5.45. The maximum atomic E-state index is 8.92. The van der Waals surface area contributed by atoms with Gasteiger partial charge in [-0.1, -0.05) is 36.8 Å². The van der Waals surface area contributed by atoms with E-state index in [0.717, 1.165) is 19.6 Å². The van der Waals surface area contributed by atoms with E-state index in [1.807, 2.05) is 0 Å². The molecule has 0 aliphatic carbocycles. The molecule has 19 heavy (non-hydrogen) atoms. The van der Waals surface area contributed by atoms with Crippen molar-refractivity contribution in [3.63, 3.8) is 0 Å². The van der Waals surface area contributed by atoms with Crippen molar-refractivity contribution in [2.75, 3.05) is 26.2 Å². The molecule has 3 heteroatoms. The quantitative estimate of drug-likeness (QED) is 0.841. The summed E-state index contributed by atoms with van der Waals surface area (Å²) in [6.07, 6.45) is 1.17. The summed E-state index contributed by atoms with van der Waals surface area (Å²) in [5.41, 5.74) is 2.70. The van der Waals surface area contributed by atoms with Crippen LogP contribution in [-0.2, 0) is 0 Å². The van der Waals surface area contributed by atoms with E-state index in [0.29, 0.717) is 18.5 Å². The first-order valence-corrected chi connectivity index (χ1v) is 7.12. The number of likely N-dealkylation sites (N-methyl/N-ethyl adjacent to an activating group) is 1. The third-order valence-corrected chi connectivity index (χ3v) is 3.86. The molecular formula is C16H23N3. The summed E-state index contributed by atoms with van der Waals surface area (Å²) in [4.78, 5) is 2.27.